The van der Waals surface area contributed by atoms with Crippen LogP contribution in [0.5, 0.6) is 0 Å². The number of carbonyl (C=O) groups excluding carboxylic acids is 2. The maximum atomic E-state index is 11.9. The topological polar surface area (TPSA) is 105 Å². The average Bonchev–Trinajstić information content (AvgIpc) is 2.80. The van der Waals surface area contributed by atoms with Crippen LogP contribution in [-0.2, 0) is 16.1 Å². The van der Waals surface area contributed by atoms with Gasteiger partial charge in [-0.05, 0) is 6.07 Å². The number of aromatic nitrogens is 2. The molecule has 0 bridgehead atoms. The number of imide groups is 1. The molecule has 8 nitrogen and oxygen atoms in total. The van der Waals surface area contributed by atoms with E-state index in [1.807, 2.05) is 0 Å². The molecule has 1 fully saturated rings. The van der Waals surface area contributed by atoms with Gasteiger partial charge in [-0.15, -0.1) is 0 Å². The summed E-state index contributed by atoms with van der Waals surface area (Å²) in [5, 5.41) is 16.0. The quantitative estimate of drug-likeness (QED) is 0.859. The third kappa shape index (κ3) is 2.42. The summed E-state index contributed by atoms with van der Waals surface area (Å²) in [5.41, 5.74) is 1.09. The fourth-order valence-corrected chi connectivity index (χ4v) is 2.31. The van der Waals surface area contributed by atoms with Gasteiger partial charge in [0.05, 0.1) is 5.69 Å². The van der Waals surface area contributed by atoms with Gasteiger partial charge in [-0.3, -0.25) is 24.5 Å². The van der Waals surface area contributed by atoms with Gasteiger partial charge in [-0.1, -0.05) is 12.1 Å². The van der Waals surface area contributed by atoms with Gasteiger partial charge < -0.3 is 5.11 Å². The van der Waals surface area contributed by atoms with E-state index in [4.69, 9.17) is 5.11 Å². The van der Waals surface area contributed by atoms with Crippen LogP contribution >= 0.6 is 0 Å². The fraction of sp³-hybridized carbons (Fsp3) is 0.231. The Balaban J connectivity index is 2.02. The Hall–Kier alpha value is -2.90. The normalized spacial score (nSPS) is 15.3. The highest BCUT2D eigenvalue weighted by Crippen LogP contribution is 2.26. The number of hydrogen-bond acceptors (Lipinski definition) is 4. The van der Waals surface area contributed by atoms with Crippen molar-refractivity contribution in [2.75, 3.05) is 11.4 Å². The van der Waals surface area contributed by atoms with Gasteiger partial charge in [0.15, 0.2) is 0 Å². The van der Waals surface area contributed by atoms with Crippen LogP contribution in [0.3, 0.4) is 0 Å². The number of amides is 3. The first-order valence-electron chi connectivity index (χ1n) is 6.34. The third-order valence-corrected chi connectivity index (χ3v) is 3.20. The standard InChI is InChI=1S/C13H12N4O4/c18-10-4-5-17(13(21)14-10)9-3-1-2-8-6-16(7-11(19)20)15-12(8)9/h1-3,6H,4-5,7H2,(H,19,20)(H,14,18,21). The van der Waals surface area contributed by atoms with Crippen molar-refractivity contribution in [2.45, 2.75) is 13.0 Å². The van der Waals surface area contributed by atoms with E-state index >= 15 is 0 Å². The largest absolute Gasteiger partial charge is 0.480 e. The maximum Gasteiger partial charge on any atom is 0.328 e. The van der Waals surface area contributed by atoms with Gasteiger partial charge in [0.2, 0.25) is 5.91 Å². The second-order valence-corrected chi connectivity index (χ2v) is 4.69. The molecular formula is C13H12N4O4. The van der Waals surface area contributed by atoms with Gasteiger partial charge in [0.1, 0.15) is 12.1 Å². The maximum absolute atomic E-state index is 11.9. The molecule has 0 aliphatic carbocycles. The summed E-state index contributed by atoms with van der Waals surface area (Å²) in [5.74, 6) is -1.30. The number of fused-ring (bicyclic) bond motifs is 1. The number of carboxylic acids is 1. The molecule has 0 atom stereocenters. The number of carbonyl (C=O) groups is 3. The zero-order valence-corrected chi connectivity index (χ0v) is 10.9. The van der Waals surface area contributed by atoms with Crippen LogP contribution in [0, 0.1) is 0 Å². The second-order valence-electron chi connectivity index (χ2n) is 4.69. The number of rotatable bonds is 3. The van der Waals surface area contributed by atoms with Crippen LogP contribution in [0.25, 0.3) is 10.9 Å². The molecule has 2 heterocycles. The molecule has 1 aromatic carbocycles. The van der Waals surface area contributed by atoms with Crippen LogP contribution in [-0.4, -0.2) is 39.3 Å². The molecule has 3 amide bonds. The first kappa shape index (κ1) is 13.1. The van der Waals surface area contributed by atoms with Crippen molar-refractivity contribution in [1.29, 1.82) is 0 Å². The van der Waals surface area contributed by atoms with Crippen molar-refractivity contribution in [2.24, 2.45) is 0 Å². The Labute approximate surface area is 118 Å². The number of urea groups is 1. The lowest BCUT2D eigenvalue weighted by Crippen LogP contribution is -2.49. The molecule has 2 N–H and O–H groups in total. The predicted octanol–water partition coefficient (Wildman–Crippen LogP) is 0.567. The number of nitrogens with zero attached hydrogens (tertiary/aromatic N) is 3. The van der Waals surface area contributed by atoms with Crippen molar-refractivity contribution in [1.82, 2.24) is 15.1 Å². The molecule has 2 aromatic rings. The number of benzene rings is 1. The summed E-state index contributed by atoms with van der Waals surface area (Å²) in [6.45, 7) is 0.0222. The smallest absolute Gasteiger partial charge is 0.328 e. The second kappa shape index (κ2) is 4.89. The molecular weight excluding hydrogens is 276 g/mol. The number of carboxylic acid groups (broad SMARTS) is 1. The summed E-state index contributed by atoms with van der Waals surface area (Å²) in [7, 11) is 0. The van der Waals surface area contributed by atoms with Gasteiger partial charge in [0, 0.05) is 24.5 Å². The van der Waals surface area contributed by atoms with Crippen LogP contribution in [0.1, 0.15) is 6.42 Å². The molecule has 0 unspecified atom stereocenters. The third-order valence-electron chi connectivity index (χ3n) is 3.20. The number of aliphatic carboxylic acids is 1. The van der Waals surface area contributed by atoms with E-state index in [-0.39, 0.29) is 25.4 Å². The van der Waals surface area contributed by atoms with Gasteiger partial charge in [0.25, 0.3) is 0 Å². The summed E-state index contributed by atoms with van der Waals surface area (Å²) >= 11 is 0. The molecule has 1 aromatic heterocycles. The highest BCUT2D eigenvalue weighted by atomic mass is 16.4. The summed E-state index contributed by atoms with van der Waals surface area (Å²) in [6.07, 6.45) is 1.83. The molecule has 1 saturated heterocycles. The average molecular weight is 288 g/mol. The molecule has 1 aliphatic heterocycles. The van der Waals surface area contributed by atoms with Crippen molar-refractivity contribution in [3.63, 3.8) is 0 Å². The van der Waals surface area contributed by atoms with Crippen LogP contribution in [0.2, 0.25) is 0 Å². The molecule has 0 radical (unpaired) electrons. The number of hydrogen-bond donors (Lipinski definition) is 2. The Kier molecular flexibility index (Phi) is 3.05. The van der Waals surface area contributed by atoms with E-state index in [0.717, 1.165) is 5.39 Å². The minimum atomic E-state index is -0.995. The highest BCUT2D eigenvalue weighted by molar-refractivity contribution is 6.09. The molecule has 8 heteroatoms. The highest BCUT2D eigenvalue weighted by Gasteiger charge is 2.26. The van der Waals surface area contributed by atoms with Gasteiger partial charge in [-0.25, -0.2) is 4.79 Å². The monoisotopic (exact) mass is 288 g/mol. The predicted molar refractivity (Wildman–Crippen MR) is 72.9 cm³/mol. The van der Waals surface area contributed by atoms with Crippen molar-refractivity contribution in [3.8, 4) is 0 Å². The van der Waals surface area contributed by atoms with E-state index in [1.54, 1.807) is 24.4 Å². The molecule has 108 valence electrons. The van der Waals surface area contributed by atoms with Crippen molar-refractivity contribution >= 4 is 34.5 Å². The van der Waals surface area contributed by atoms with E-state index in [0.29, 0.717) is 11.2 Å². The van der Waals surface area contributed by atoms with Gasteiger partial charge >= 0.3 is 12.0 Å². The first-order chi connectivity index (χ1) is 10.0. The zero-order chi connectivity index (χ0) is 15.0. The molecule has 0 spiro atoms. The van der Waals surface area contributed by atoms with E-state index in [9.17, 15) is 14.4 Å². The number of nitrogens with one attached hydrogen (secondary N) is 1. The van der Waals surface area contributed by atoms with Crippen LogP contribution in [0.4, 0.5) is 10.5 Å². The molecule has 3 rings (SSSR count). The molecule has 1 aliphatic rings. The number of anilines is 1. The lowest BCUT2D eigenvalue weighted by atomic mass is 10.2. The lowest BCUT2D eigenvalue weighted by Gasteiger charge is -2.26. The fourth-order valence-electron chi connectivity index (χ4n) is 2.31. The van der Waals surface area contributed by atoms with Crippen molar-refractivity contribution in [3.05, 3.63) is 24.4 Å². The molecule has 21 heavy (non-hydrogen) atoms. The Morgan fingerprint density at radius 3 is 2.90 bits per heavy atom. The Morgan fingerprint density at radius 1 is 1.38 bits per heavy atom. The van der Waals surface area contributed by atoms with E-state index in [1.165, 1.54) is 9.58 Å². The van der Waals surface area contributed by atoms with E-state index < -0.39 is 12.0 Å². The minimum Gasteiger partial charge on any atom is -0.480 e. The lowest BCUT2D eigenvalue weighted by molar-refractivity contribution is -0.137. The Bertz CT molecular complexity index is 752. The molecule has 0 saturated carbocycles. The summed E-state index contributed by atoms with van der Waals surface area (Å²) < 4.78 is 1.31. The van der Waals surface area contributed by atoms with E-state index in [2.05, 4.69) is 10.4 Å². The summed E-state index contributed by atoms with van der Waals surface area (Å²) in [6, 6.07) is 4.77. The van der Waals surface area contributed by atoms with Crippen molar-refractivity contribution < 1.29 is 19.5 Å². The Morgan fingerprint density at radius 2 is 2.19 bits per heavy atom. The summed E-state index contributed by atoms with van der Waals surface area (Å²) in [4.78, 5) is 35.3. The minimum absolute atomic E-state index is 0.220. The van der Waals surface area contributed by atoms with Crippen LogP contribution in [0.15, 0.2) is 24.4 Å². The zero-order valence-electron chi connectivity index (χ0n) is 10.9. The van der Waals surface area contributed by atoms with Crippen LogP contribution < -0.4 is 10.2 Å². The SMILES string of the molecule is O=C(O)Cn1cc2cccc(N3CCC(=O)NC3=O)c2n1. The first-order valence-corrected chi connectivity index (χ1v) is 6.34. The van der Waals surface area contributed by atoms with Gasteiger partial charge in [-0.2, -0.15) is 5.10 Å².